The minimum atomic E-state index is -0.00882. The number of nitrogens with zero attached hydrogens (tertiary/aromatic N) is 2. The van der Waals surface area contributed by atoms with E-state index in [4.69, 9.17) is 9.51 Å². The molecule has 1 aliphatic carbocycles. The lowest BCUT2D eigenvalue weighted by Gasteiger charge is -2.39. The number of hydrogen-bond donors (Lipinski definition) is 1. The molecule has 1 N–H and O–H groups in total. The van der Waals surface area contributed by atoms with E-state index in [-0.39, 0.29) is 5.41 Å². The van der Waals surface area contributed by atoms with Crippen LogP contribution in [0.15, 0.2) is 34.9 Å². The quantitative estimate of drug-likeness (QED) is 0.940. The molecule has 0 radical (unpaired) electrons. The minimum absolute atomic E-state index is 0.00882. The molecule has 21 heavy (non-hydrogen) atoms. The van der Waals surface area contributed by atoms with E-state index >= 15 is 0 Å². The van der Waals surface area contributed by atoms with Crippen LogP contribution in [0.1, 0.15) is 55.3 Å². The second kappa shape index (κ2) is 5.26. The van der Waals surface area contributed by atoms with E-state index in [9.17, 15) is 0 Å². The van der Waals surface area contributed by atoms with Crippen molar-refractivity contribution >= 4 is 0 Å². The zero-order valence-electron chi connectivity index (χ0n) is 12.2. The van der Waals surface area contributed by atoms with Gasteiger partial charge in [-0.05, 0) is 37.8 Å². The molecule has 2 aliphatic rings. The molecule has 2 fully saturated rings. The Hall–Kier alpha value is -1.68. The van der Waals surface area contributed by atoms with Gasteiger partial charge in [-0.1, -0.05) is 41.9 Å². The van der Waals surface area contributed by atoms with Crippen LogP contribution >= 0.6 is 0 Å². The Kier molecular flexibility index (Phi) is 3.26. The largest absolute Gasteiger partial charge is 0.339 e. The highest BCUT2D eigenvalue weighted by atomic mass is 16.5. The zero-order chi connectivity index (χ0) is 14.1. The Bertz CT molecular complexity index is 598. The fourth-order valence-electron chi connectivity index (χ4n) is 3.59. The summed E-state index contributed by atoms with van der Waals surface area (Å²) < 4.78 is 5.61. The molecule has 1 aromatic carbocycles. The number of hydrogen-bond acceptors (Lipinski definition) is 4. The predicted molar refractivity (Wildman–Crippen MR) is 80.2 cm³/mol. The first-order valence-corrected chi connectivity index (χ1v) is 7.99. The fraction of sp³-hybridized carbons (Fsp3) is 0.529. The standard InChI is InChI=1S/C17H21N3O/c1-2-7-14(8-3-1)17(9-5-10-17)16-19-15(21-20-16)13-6-4-11-18-12-13/h1-3,7-8,13,18H,4-6,9-12H2/t13-/m1/s1. The van der Waals surface area contributed by atoms with E-state index < -0.39 is 0 Å². The van der Waals surface area contributed by atoms with Crippen LogP contribution in [-0.2, 0) is 5.41 Å². The predicted octanol–water partition coefficient (Wildman–Crippen LogP) is 3.01. The summed E-state index contributed by atoms with van der Waals surface area (Å²) in [5.74, 6) is 2.09. The Morgan fingerprint density at radius 3 is 2.67 bits per heavy atom. The molecule has 0 unspecified atom stereocenters. The van der Waals surface area contributed by atoms with E-state index in [1.54, 1.807) is 0 Å². The summed E-state index contributed by atoms with van der Waals surface area (Å²) in [7, 11) is 0. The molecule has 1 saturated carbocycles. The van der Waals surface area contributed by atoms with E-state index in [1.165, 1.54) is 18.4 Å². The maximum atomic E-state index is 5.61. The number of benzene rings is 1. The monoisotopic (exact) mass is 283 g/mol. The molecule has 4 nitrogen and oxygen atoms in total. The van der Waals surface area contributed by atoms with Gasteiger partial charge in [0.15, 0.2) is 5.82 Å². The summed E-state index contributed by atoms with van der Waals surface area (Å²) in [4.78, 5) is 4.79. The maximum Gasteiger partial charge on any atom is 0.231 e. The molecule has 1 aliphatic heterocycles. The SMILES string of the molecule is c1ccc(C2(c3noc([C@@H]4CCCNC4)n3)CCC2)cc1. The third kappa shape index (κ3) is 2.18. The van der Waals surface area contributed by atoms with Gasteiger partial charge < -0.3 is 9.84 Å². The molecule has 2 heterocycles. The van der Waals surface area contributed by atoms with Gasteiger partial charge in [-0.2, -0.15) is 4.98 Å². The molecule has 4 rings (SSSR count). The van der Waals surface area contributed by atoms with Crippen LogP contribution in [0.3, 0.4) is 0 Å². The van der Waals surface area contributed by atoms with Crippen LogP contribution in [0.4, 0.5) is 0 Å². The van der Waals surface area contributed by atoms with E-state index in [0.29, 0.717) is 5.92 Å². The van der Waals surface area contributed by atoms with Crippen molar-refractivity contribution in [1.29, 1.82) is 0 Å². The average molecular weight is 283 g/mol. The highest BCUT2D eigenvalue weighted by molar-refractivity contribution is 5.35. The van der Waals surface area contributed by atoms with Crippen molar-refractivity contribution in [3.05, 3.63) is 47.6 Å². The molecule has 110 valence electrons. The van der Waals surface area contributed by atoms with Crippen molar-refractivity contribution in [2.24, 2.45) is 0 Å². The summed E-state index contributed by atoms with van der Waals surface area (Å²) in [6, 6.07) is 10.6. The van der Waals surface area contributed by atoms with E-state index in [1.807, 2.05) is 0 Å². The Labute approximate surface area is 124 Å². The summed E-state index contributed by atoms with van der Waals surface area (Å²) in [5, 5.41) is 7.76. The molecular weight excluding hydrogens is 262 g/mol. The van der Waals surface area contributed by atoms with Gasteiger partial charge in [0.2, 0.25) is 5.89 Å². The van der Waals surface area contributed by atoms with Gasteiger partial charge in [-0.25, -0.2) is 0 Å². The first-order chi connectivity index (χ1) is 10.4. The van der Waals surface area contributed by atoms with Crippen molar-refractivity contribution in [2.75, 3.05) is 13.1 Å². The number of nitrogens with one attached hydrogen (secondary N) is 1. The summed E-state index contributed by atoms with van der Waals surface area (Å²) in [5.41, 5.74) is 1.32. The molecule has 1 aromatic heterocycles. The third-order valence-electron chi connectivity index (χ3n) is 5.05. The molecule has 0 amide bonds. The van der Waals surface area contributed by atoms with E-state index in [2.05, 4.69) is 40.8 Å². The average Bonchev–Trinajstić information content (AvgIpc) is 2.98. The second-order valence-electron chi connectivity index (χ2n) is 6.30. The highest BCUT2D eigenvalue weighted by Crippen LogP contribution is 2.47. The van der Waals surface area contributed by atoms with Gasteiger partial charge in [0.25, 0.3) is 0 Å². The van der Waals surface area contributed by atoms with Crippen molar-refractivity contribution in [2.45, 2.75) is 43.4 Å². The van der Waals surface area contributed by atoms with Crippen LogP contribution in [0.25, 0.3) is 0 Å². The number of piperidine rings is 1. The van der Waals surface area contributed by atoms with Crippen LogP contribution in [0.5, 0.6) is 0 Å². The van der Waals surface area contributed by atoms with E-state index in [0.717, 1.165) is 44.1 Å². The first kappa shape index (κ1) is 13.0. The summed E-state index contributed by atoms with van der Waals surface area (Å²) in [6.45, 7) is 2.06. The maximum absolute atomic E-state index is 5.61. The molecule has 2 aromatic rings. The normalized spacial score (nSPS) is 24.5. The summed E-state index contributed by atoms with van der Waals surface area (Å²) in [6.07, 6.45) is 5.82. The Morgan fingerprint density at radius 2 is 2.00 bits per heavy atom. The zero-order valence-corrected chi connectivity index (χ0v) is 12.2. The van der Waals surface area contributed by atoms with Gasteiger partial charge in [-0.3, -0.25) is 0 Å². The van der Waals surface area contributed by atoms with Gasteiger partial charge in [0.05, 0.1) is 11.3 Å². The highest BCUT2D eigenvalue weighted by Gasteiger charge is 2.44. The lowest BCUT2D eigenvalue weighted by Crippen LogP contribution is -2.36. The third-order valence-corrected chi connectivity index (χ3v) is 5.05. The minimum Gasteiger partial charge on any atom is -0.339 e. The van der Waals surface area contributed by atoms with Gasteiger partial charge in [0.1, 0.15) is 0 Å². The van der Waals surface area contributed by atoms with Crippen molar-refractivity contribution in [3.63, 3.8) is 0 Å². The topological polar surface area (TPSA) is 51.0 Å². The van der Waals surface area contributed by atoms with Crippen LogP contribution in [-0.4, -0.2) is 23.2 Å². The molecule has 0 spiro atoms. The summed E-state index contributed by atoms with van der Waals surface area (Å²) >= 11 is 0. The number of aromatic nitrogens is 2. The molecular formula is C17H21N3O. The van der Waals surface area contributed by atoms with Crippen LogP contribution < -0.4 is 5.32 Å². The van der Waals surface area contributed by atoms with Gasteiger partial charge >= 0.3 is 0 Å². The first-order valence-electron chi connectivity index (χ1n) is 7.99. The molecule has 4 heteroatoms. The lowest BCUT2D eigenvalue weighted by molar-refractivity contribution is 0.267. The smallest absolute Gasteiger partial charge is 0.231 e. The van der Waals surface area contributed by atoms with Crippen LogP contribution in [0, 0.1) is 0 Å². The van der Waals surface area contributed by atoms with Crippen molar-refractivity contribution in [1.82, 2.24) is 15.5 Å². The van der Waals surface area contributed by atoms with Gasteiger partial charge in [0, 0.05) is 6.54 Å². The lowest BCUT2D eigenvalue weighted by atomic mass is 9.64. The fourth-order valence-corrected chi connectivity index (χ4v) is 3.59. The van der Waals surface area contributed by atoms with Crippen molar-refractivity contribution < 1.29 is 4.52 Å². The Balaban J connectivity index is 1.64. The van der Waals surface area contributed by atoms with Gasteiger partial charge in [-0.15, -0.1) is 0 Å². The molecule has 1 saturated heterocycles. The second-order valence-corrected chi connectivity index (χ2v) is 6.30. The molecule has 0 bridgehead atoms. The number of rotatable bonds is 3. The Morgan fingerprint density at radius 1 is 1.14 bits per heavy atom. The van der Waals surface area contributed by atoms with Crippen LogP contribution in [0.2, 0.25) is 0 Å². The van der Waals surface area contributed by atoms with Crippen molar-refractivity contribution in [3.8, 4) is 0 Å². The molecule has 1 atom stereocenters.